The first-order valence-corrected chi connectivity index (χ1v) is 10.4. The number of methoxy groups -OCH3 is 1. The Morgan fingerprint density at radius 2 is 2.13 bits per heavy atom. The number of nitrogens with zero attached hydrogens (tertiary/aromatic N) is 1. The third-order valence-electron chi connectivity index (χ3n) is 4.27. The van der Waals surface area contributed by atoms with Gasteiger partial charge in [-0.05, 0) is 43.2 Å². The van der Waals surface area contributed by atoms with Gasteiger partial charge in [-0.15, -0.1) is 17.8 Å². The number of ether oxygens (including phenoxy) is 3. The van der Waals surface area contributed by atoms with Gasteiger partial charge in [0.05, 0.1) is 24.1 Å². The quantitative estimate of drug-likeness (QED) is 0.421. The summed E-state index contributed by atoms with van der Waals surface area (Å²) in [6.07, 6.45) is 6.88. The Balaban J connectivity index is 2.01. The molecule has 0 spiro atoms. The van der Waals surface area contributed by atoms with Crippen molar-refractivity contribution in [3.8, 4) is 23.8 Å². The Labute approximate surface area is 187 Å². The first-order valence-electron chi connectivity index (χ1n) is 9.22. The predicted molar refractivity (Wildman–Crippen MR) is 122 cm³/mol. The number of nitrogens with one attached hydrogen (secondary N) is 1. The topological polar surface area (TPSA) is 90.5 Å². The smallest absolute Gasteiger partial charge is 0.348 e. The summed E-state index contributed by atoms with van der Waals surface area (Å²) in [7, 11) is 1.29. The molecular weight excluding hydrogens is 440 g/mol. The average molecular weight is 459 g/mol. The predicted octanol–water partition coefficient (Wildman–Crippen LogP) is 4.23. The van der Waals surface area contributed by atoms with E-state index in [0.717, 1.165) is 11.3 Å². The lowest BCUT2D eigenvalue weighted by atomic mass is 10.2. The van der Waals surface area contributed by atoms with E-state index in [0.29, 0.717) is 44.3 Å². The first kappa shape index (κ1) is 22.4. The minimum Gasteiger partial charge on any atom is -0.490 e. The number of esters is 1. The van der Waals surface area contributed by atoms with Crippen LogP contribution in [-0.4, -0.2) is 36.3 Å². The van der Waals surface area contributed by atoms with E-state index in [4.69, 9.17) is 32.2 Å². The highest BCUT2D eigenvalue weighted by Crippen LogP contribution is 2.32. The lowest BCUT2D eigenvalue weighted by molar-refractivity contribution is 0.0605. The summed E-state index contributed by atoms with van der Waals surface area (Å²) >= 11 is 7.53. The molecule has 7 nitrogen and oxygen atoms in total. The summed E-state index contributed by atoms with van der Waals surface area (Å²) in [5.74, 6) is 3.11. The molecule has 0 saturated heterocycles. The van der Waals surface area contributed by atoms with Gasteiger partial charge in [0.2, 0.25) is 0 Å². The van der Waals surface area contributed by atoms with Crippen LogP contribution in [0.2, 0.25) is 0 Å². The number of aromatic amines is 1. The molecule has 2 aromatic heterocycles. The SMILES string of the molecule is C#CCOc1ccc(/C=C(\Cl)c2nc3sc(C(=O)OC)c(C)c3c(=O)[nH]2)cc1OCC. The number of fused-ring (bicyclic) bond motifs is 1. The fourth-order valence-corrected chi connectivity index (χ4v) is 4.20. The highest BCUT2D eigenvalue weighted by Gasteiger charge is 2.20. The molecule has 3 rings (SSSR count). The summed E-state index contributed by atoms with van der Waals surface area (Å²) in [6.45, 7) is 4.10. The minimum absolute atomic E-state index is 0.120. The summed E-state index contributed by atoms with van der Waals surface area (Å²) in [4.78, 5) is 32.4. The maximum absolute atomic E-state index is 12.6. The Hall–Kier alpha value is -3.28. The van der Waals surface area contributed by atoms with Crippen LogP contribution in [-0.2, 0) is 4.74 Å². The van der Waals surface area contributed by atoms with Crippen LogP contribution in [0.4, 0.5) is 0 Å². The molecule has 0 bridgehead atoms. The highest BCUT2D eigenvalue weighted by atomic mass is 35.5. The van der Waals surface area contributed by atoms with Crippen molar-refractivity contribution in [3.63, 3.8) is 0 Å². The number of halogens is 1. The van der Waals surface area contributed by atoms with Gasteiger partial charge >= 0.3 is 5.97 Å². The number of H-pyrrole nitrogens is 1. The summed E-state index contributed by atoms with van der Waals surface area (Å²) < 4.78 is 15.9. The number of terminal acetylenes is 1. The van der Waals surface area contributed by atoms with E-state index in [1.165, 1.54) is 7.11 Å². The molecule has 0 aliphatic carbocycles. The van der Waals surface area contributed by atoms with Crippen LogP contribution in [0.5, 0.6) is 11.5 Å². The standard InChI is InChI=1S/C22H19ClN2O5S/c1-5-9-30-15-8-7-13(11-16(15)29-6-2)10-14(23)19-24-20(26)17-12(3)18(22(27)28-4)31-21(17)25-19/h1,7-8,10-11H,6,9H2,2-4H3,(H,24,25,26)/b14-10-. The molecule has 2 heterocycles. The van der Waals surface area contributed by atoms with Crippen molar-refractivity contribution >= 4 is 50.2 Å². The van der Waals surface area contributed by atoms with E-state index >= 15 is 0 Å². The molecule has 3 aromatic rings. The van der Waals surface area contributed by atoms with Crippen LogP contribution in [0.25, 0.3) is 21.3 Å². The second-order valence-corrected chi connectivity index (χ2v) is 7.67. The van der Waals surface area contributed by atoms with Gasteiger partial charge in [-0.3, -0.25) is 4.79 Å². The van der Waals surface area contributed by atoms with E-state index in [1.807, 2.05) is 6.92 Å². The number of rotatable bonds is 7. The number of carbonyl (C=O) groups excluding carboxylic acids is 1. The third-order valence-corrected chi connectivity index (χ3v) is 5.72. The number of carbonyl (C=O) groups is 1. The van der Waals surface area contributed by atoms with Crippen molar-refractivity contribution in [2.75, 3.05) is 20.3 Å². The first-order chi connectivity index (χ1) is 14.9. The van der Waals surface area contributed by atoms with Crippen LogP contribution in [0.1, 0.15) is 33.5 Å². The van der Waals surface area contributed by atoms with Gasteiger partial charge in [-0.1, -0.05) is 23.6 Å². The Kier molecular flexibility index (Phi) is 7.00. The number of hydrogen-bond donors (Lipinski definition) is 1. The van der Waals surface area contributed by atoms with E-state index < -0.39 is 5.97 Å². The number of benzene rings is 1. The van der Waals surface area contributed by atoms with E-state index in [9.17, 15) is 9.59 Å². The summed E-state index contributed by atoms with van der Waals surface area (Å²) in [5.41, 5.74) is 0.849. The molecule has 1 aromatic carbocycles. The normalized spacial score (nSPS) is 11.3. The maximum Gasteiger partial charge on any atom is 0.348 e. The van der Waals surface area contributed by atoms with Gasteiger partial charge in [0, 0.05) is 0 Å². The molecule has 0 radical (unpaired) electrons. The van der Waals surface area contributed by atoms with E-state index in [1.54, 1.807) is 31.2 Å². The summed E-state index contributed by atoms with van der Waals surface area (Å²) in [6, 6.07) is 5.25. The van der Waals surface area contributed by atoms with E-state index in [-0.39, 0.29) is 23.0 Å². The van der Waals surface area contributed by atoms with Gasteiger partial charge in [-0.25, -0.2) is 9.78 Å². The van der Waals surface area contributed by atoms with Crippen LogP contribution in [0, 0.1) is 19.3 Å². The number of thiophene rings is 1. The molecule has 0 saturated carbocycles. The third kappa shape index (κ3) is 4.74. The van der Waals surface area contributed by atoms with Gasteiger partial charge < -0.3 is 19.2 Å². The Morgan fingerprint density at radius 1 is 1.35 bits per heavy atom. The average Bonchev–Trinajstić information content (AvgIpc) is 3.09. The van der Waals surface area contributed by atoms with Gasteiger partial charge in [-0.2, -0.15) is 0 Å². The molecule has 1 N–H and O–H groups in total. The van der Waals surface area contributed by atoms with Gasteiger partial charge in [0.1, 0.15) is 16.3 Å². The number of aromatic nitrogens is 2. The fourth-order valence-electron chi connectivity index (χ4n) is 2.88. The fraction of sp³-hybridized carbons (Fsp3) is 0.227. The molecule has 0 aliphatic heterocycles. The van der Waals surface area contributed by atoms with Crippen molar-refractivity contribution < 1.29 is 19.0 Å². The van der Waals surface area contributed by atoms with Crippen molar-refractivity contribution in [2.45, 2.75) is 13.8 Å². The lowest BCUT2D eigenvalue weighted by Gasteiger charge is -2.11. The minimum atomic E-state index is -0.515. The van der Waals surface area contributed by atoms with E-state index in [2.05, 4.69) is 15.9 Å². The second-order valence-electron chi connectivity index (χ2n) is 6.27. The monoisotopic (exact) mass is 458 g/mol. The van der Waals surface area contributed by atoms with Crippen LogP contribution >= 0.6 is 22.9 Å². The van der Waals surface area contributed by atoms with Crippen molar-refractivity contribution in [1.82, 2.24) is 9.97 Å². The van der Waals surface area contributed by atoms with Crippen LogP contribution in [0.15, 0.2) is 23.0 Å². The molecule has 31 heavy (non-hydrogen) atoms. The maximum atomic E-state index is 12.6. The zero-order chi connectivity index (χ0) is 22.5. The zero-order valence-electron chi connectivity index (χ0n) is 17.1. The Morgan fingerprint density at radius 3 is 2.81 bits per heavy atom. The molecule has 9 heteroatoms. The lowest BCUT2D eigenvalue weighted by Crippen LogP contribution is -2.10. The van der Waals surface area contributed by atoms with Crippen molar-refractivity contribution in [1.29, 1.82) is 0 Å². The van der Waals surface area contributed by atoms with Crippen molar-refractivity contribution in [2.24, 2.45) is 0 Å². The molecule has 0 fully saturated rings. The molecule has 0 amide bonds. The Bertz CT molecular complexity index is 1270. The van der Waals surface area contributed by atoms with Crippen molar-refractivity contribution in [3.05, 3.63) is 50.4 Å². The van der Waals surface area contributed by atoms with Crippen LogP contribution < -0.4 is 15.0 Å². The van der Waals surface area contributed by atoms with Gasteiger partial charge in [0.25, 0.3) is 5.56 Å². The molecule has 160 valence electrons. The zero-order valence-corrected chi connectivity index (χ0v) is 18.6. The molecule has 0 unspecified atom stereocenters. The molecular formula is C22H19ClN2O5S. The van der Waals surface area contributed by atoms with Crippen LogP contribution in [0.3, 0.4) is 0 Å². The van der Waals surface area contributed by atoms with Gasteiger partial charge in [0.15, 0.2) is 17.3 Å². The summed E-state index contributed by atoms with van der Waals surface area (Å²) in [5, 5.41) is 0.552. The highest BCUT2D eigenvalue weighted by molar-refractivity contribution is 7.20. The largest absolute Gasteiger partial charge is 0.490 e. The molecule has 0 atom stereocenters. The molecule has 0 aliphatic rings. The number of aryl methyl sites for hydroxylation is 1. The second kappa shape index (κ2) is 9.69. The number of hydrogen-bond acceptors (Lipinski definition) is 7.